The molecule has 0 unspecified atom stereocenters. The highest BCUT2D eigenvalue weighted by molar-refractivity contribution is 7.13. The molecule has 72 valence electrons. The third-order valence-corrected chi connectivity index (χ3v) is 2.57. The smallest absolute Gasteiger partial charge is 0.409 e. The van der Waals surface area contributed by atoms with Gasteiger partial charge in [0.25, 0.3) is 0 Å². The molecule has 1 aromatic carbocycles. The number of hydrogen-bond donors (Lipinski definition) is 0. The van der Waals surface area contributed by atoms with E-state index in [-0.39, 0.29) is 10.8 Å². The summed E-state index contributed by atoms with van der Waals surface area (Å²) in [5, 5.41) is 4.06. The standard InChI is InChI=1S/C7H2Cl2N2O2S/c8-3-1-2-4-5(10-11-14-4)6(3)13-7(9)12/h1-2H. The van der Waals surface area contributed by atoms with Crippen molar-refractivity contribution in [3.8, 4) is 5.75 Å². The largest absolute Gasteiger partial charge is 0.410 e. The third-order valence-electron chi connectivity index (χ3n) is 1.51. The fraction of sp³-hybridized carbons (Fsp3) is 0. The average molecular weight is 249 g/mol. The number of fused-ring (bicyclic) bond motifs is 1. The second-order valence-electron chi connectivity index (χ2n) is 2.34. The molecule has 0 amide bonds. The van der Waals surface area contributed by atoms with Crippen molar-refractivity contribution in [1.82, 2.24) is 9.59 Å². The summed E-state index contributed by atoms with van der Waals surface area (Å²) < 4.78 is 9.20. The van der Waals surface area contributed by atoms with E-state index < -0.39 is 5.43 Å². The van der Waals surface area contributed by atoms with Crippen LogP contribution in [-0.2, 0) is 0 Å². The molecule has 0 saturated carbocycles. The van der Waals surface area contributed by atoms with Crippen molar-refractivity contribution in [2.24, 2.45) is 0 Å². The van der Waals surface area contributed by atoms with Gasteiger partial charge in [0.15, 0.2) is 5.75 Å². The number of nitrogens with zero attached hydrogens (tertiary/aromatic N) is 2. The maximum absolute atomic E-state index is 10.6. The first-order valence-electron chi connectivity index (χ1n) is 3.46. The second-order valence-corrected chi connectivity index (χ2v) is 3.84. The van der Waals surface area contributed by atoms with E-state index in [1.54, 1.807) is 12.1 Å². The third kappa shape index (κ3) is 1.66. The van der Waals surface area contributed by atoms with E-state index in [1.165, 1.54) is 11.5 Å². The van der Waals surface area contributed by atoms with Crippen molar-refractivity contribution in [3.05, 3.63) is 17.2 Å². The van der Waals surface area contributed by atoms with Gasteiger partial charge < -0.3 is 4.74 Å². The molecule has 0 radical (unpaired) electrons. The molecule has 0 saturated heterocycles. The van der Waals surface area contributed by atoms with Gasteiger partial charge in [-0.05, 0) is 23.7 Å². The Kier molecular flexibility index (Phi) is 2.54. The fourth-order valence-corrected chi connectivity index (χ4v) is 1.81. The Hall–Kier alpha value is -0.910. The average Bonchev–Trinajstić information content (AvgIpc) is 2.57. The lowest BCUT2D eigenvalue weighted by Crippen LogP contribution is -1.97. The highest BCUT2D eigenvalue weighted by atomic mass is 35.5. The van der Waals surface area contributed by atoms with Crippen LogP contribution in [0.4, 0.5) is 4.79 Å². The molecule has 14 heavy (non-hydrogen) atoms. The molecule has 7 heteroatoms. The second kappa shape index (κ2) is 3.68. The van der Waals surface area contributed by atoms with Crippen LogP contribution in [0, 0.1) is 0 Å². The van der Waals surface area contributed by atoms with Crippen LogP contribution < -0.4 is 4.74 Å². The van der Waals surface area contributed by atoms with Gasteiger partial charge in [-0.25, -0.2) is 4.79 Å². The van der Waals surface area contributed by atoms with Crippen LogP contribution in [0.2, 0.25) is 5.02 Å². The summed E-state index contributed by atoms with van der Waals surface area (Å²) in [6.45, 7) is 0. The zero-order valence-corrected chi connectivity index (χ0v) is 8.86. The van der Waals surface area contributed by atoms with Gasteiger partial charge in [-0.1, -0.05) is 16.1 Å². The maximum Gasteiger partial charge on any atom is 0.409 e. The van der Waals surface area contributed by atoms with Crippen molar-refractivity contribution in [2.75, 3.05) is 0 Å². The van der Waals surface area contributed by atoms with Crippen molar-refractivity contribution in [3.63, 3.8) is 0 Å². The topological polar surface area (TPSA) is 52.1 Å². The normalized spacial score (nSPS) is 10.4. The Balaban J connectivity index is 2.64. The minimum absolute atomic E-state index is 0.151. The van der Waals surface area contributed by atoms with Gasteiger partial charge in [-0.15, -0.1) is 5.10 Å². The summed E-state index contributed by atoms with van der Waals surface area (Å²) in [4.78, 5) is 10.6. The van der Waals surface area contributed by atoms with Gasteiger partial charge >= 0.3 is 5.43 Å². The molecule has 2 aromatic rings. The Morgan fingerprint density at radius 1 is 1.50 bits per heavy atom. The van der Waals surface area contributed by atoms with Gasteiger partial charge in [0.05, 0.1) is 9.72 Å². The SMILES string of the molecule is O=C(Cl)Oc1c(Cl)ccc2snnc12. The van der Waals surface area contributed by atoms with E-state index in [0.717, 1.165) is 4.70 Å². The summed E-state index contributed by atoms with van der Waals surface area (Å²) in [5.74, 6) is 0.151. The first-order valence-corrected chi connectivity index (χ1v) is 4.99. The Bertz CT molecular complexity index is 499. The molecular weight excluding hydrogens is 247 g/mol. The highest BCUT2D eigenvalue weighted by Gasteiger charge is 2.13. The molecule has 4 nitrogen and oxygen atoms in total. The quantitative estimate of drug-likeness (QED) is 0.728. The van der Waals surface area contributed by atoms with E-state index in [0.29, 0.717) is 5.52 Å². The van der Waals surface area contributed by atoms with Crippen molar-refractivity contribution in [1.29, 1.82) is 0 Å². The summed E-state index contributed by atoms with van der Waals surface area (Å²) >= 11 is 12.1. The van der Waals surface area contributed by atoms with Gasteiger partial charge in [-0.3, -0.25) is 0 Å². The number of carbonyl (C=O) groups excluding carboxylic acids is 1. The molecule has 0 aliphatic rings. The van der Waals surface area contributed by atoms with Crippen LogP contribution in [-0.4, -0.2) is 15.0 Å². The molecule has 1 heterocycles. The summed E-state index contributed by atoms with van der Waals surface area (Å²) in [6.07, 6.45) is 0. The van der Waals surface area contributed by atoms with Crippen molar-refractivity contribution < 1.29 is 9.53 Å². The van der Waals surface area contributed by atoms with E-state index in [2.05, 4.69) is 9.59 Å². The summed E-state index contributed by atoms with van der Waals surface area (Å²) in [5.41, 5.74) is -0.510. The van der Waals surface area contributed by atoms with Crippen LogP contribution >= 0.6 is 34.7 Å². The fourth-order valence-electron chi connectivity index (χ4n) is 0.979. The summed E-state index contributed by atoms with van der Waals surface area (Å²) in [7, 11) is 0. The predicted octanol–water partition coefficient (Wildman–Crippen LogP) is 3.08. The molecule has 0 aliphatic carbocycles. The van der Waals surface area contributed by atoms with Crippen LogP contribution in [0.5, 0.6) is 5.75 Å². The lowest BCUT2D eigenvalue weighted by molar-refractivity contribution is 0.226. The monoisotopic (exact) mass is 248 g/mol. The van der Waals surface area contributed by atoms with E-state index in [9.17, 15) is 4.79 Å². The Morgan fingerprint density at radius 3 is 3.00 bits per heavy atom. The minimum atomic E-state index is -0.951. The van der Waals surface area contributed by atoms with Gasteiger partial charge in [0.2, 0.25) is 0 Å². The van der Waals surface area contributed by atoms with Crippen LogP contribution in [0.25, 0.3) is 10.2 Å². The molecule has 0 atom stereocenters. The van der Waals surface area contributed by atoms with Crippen molar-refractivity contribution >= 4 is 50.4 Å². The molecule has 0 bridgehead atoms. The minimum Gasteiger partial charge on any atom is -0.410 e. The predicted molar refractivity (Wildman–Crippen MR) is 54.3 cm³/mol. The number of hydrogen-bond acceptors (Lipinski definition) is 5. The maximum atomic E-state index is 10.6. The van der Waals surface area contributed by atoms with Crippen LogP contribution in [0.3, 0.4) is 0 Å². The molecule has 0 aliphatic heterocycles. The lowest BCUT2D eigenvalue weighted by Gasteiger charge is -2.01. The van der Waals surface area contributed by atoms with Gasteiger partial charge in [-0.2, -0.15) is 0 Å². The number of benzene rings is 1. The van der Waals surface area contributed by atoms with E-state index in [4.69, 9.17) is 27.9 Å². The molecule has 1 aromatic heterocycles. The number of ether oxygens (including phenoxy) is 1. The van der Waals surface area contributed by atoms with Crippen LogP contribution in [0.15, 0.2) is 12.1 Å². The van der Waals surface area contributed by atoms with E-state index >= 15 is 0 Å². The zero-order chi connectivity index (χ0) is 10.1. The number of aromatic nitrogens is 2. The van der Waals surface area contributed by atoms with Crippen LogP contribution in [0.1, 0.15) is 0 Å². The number of rotatable bonds is 1. The van der Waals surface area contributed by atoms with Crippen molar-refractivity contribution in [2.45, 2.75) is 0 Å². The first-order chi connectivity index (χ1) is 6.68. The summed E-state index contributed by atoms with van der Waals surface area (Å²) in [6, 6.07) is 3.34. The highest BCUT2D eigenvalue weighted by Crippen LogP contribution is 2.33. The molecule has 0 spiro atoms. The van der Waals surface area contributed by atoms with Gasteiger partial charge in [0.1, 0.15) is 5.52 Å². The number of halogens is 2. The first kappa shape index (κ1) is 9.64. The number of carbonyl (C=O) groups is 1. The molecule has 0 fully saturated rings. The molecule has 0 N–H and O–H groups in total. The van der Waals surface area contributed by atoms with Gasteiger partial charge in [0, 0.05) is 11.6 Å². The van der Waals surface area contributed by atoms with E-state index in [1.807, 2.05) is 0 Å². The molecule has 2 rings (SSSR count). The Labute approximate surface area is 92.5 Å². The molecular formula is C7H2Cl2N2O2S. The lowest BCUT2D eigenvalue weighted by atomic mass is 10.3. The zero-order valence-electron chi connectivity index (χ0n) is 6.53. The Morgan fingerprint density at radius 2 is 2.29 bits per heavy atom.